The molecule has 0 spiro atoms. The van der Waals surface area contributed by atoms with Gasteiger partial charge in [0, 0.05) is 0 Å². The van der Waals surface area contributed by atoms with Gasteiger partial charge in [0.15, 0.2) is 0 Å². The first-order valence-corrected chi connectivity index (χ1v) is 3.30. The maximum absolute atomic E-state index is 4.54. The van der Waals surface area contributed by atoms with Crippen molar-refractivity contribution in [3.05, 3.63) is 12.5 Å². The topological polar surface area (TPSA) is 18.5 Å². The normalized spacial score (nSPS) is 13.1. The van der Waals surface area contributed by atoms with Crippen LogP contribution in [0.4, 0.5) is 0 Å². The average molecular weight is 130 g/mol. The Balaban J connectivity index is 0.000000148. The van der Waals surface area contributed by atoms with Crippen molar-refractivity contribution in [3.8, 4) is 0 Å². The molecule has 0 bridgehead atoms. The lowest BCUT2D eigenvalue weighted by atomic mass is 10.4. The Morgan fingerprint density at radius 3 is 1.67 bits per heavy atom. The number of hydrogen-bond donors (Lipinski definition) is 0. The second kappa shape index (κ2) is 7.34. The molecule has 2 heteroatoms. The molecular formula is C7H14O2. The van der Waals surface area contributed by atoms with E-state index in [1.165, 1.54) is 25.4 Å². The van der Waals surface area contributed by atoms with E-state index in [-0.39, 0.29) is 0 Å². The summed E-state index contributed by atoms with van der Waals surface area (Å²) in [6, 6.07) is 0. The summed E-state index contributed by atoms with van der Waals surface area (Å²) in [6.45, 7) is 4.75. The van der Waals surface area contributed by atoms with E-state index in [0.29, 0.717) is 6.79 Å². The lowest BCUT2D eigenvalue weighted by Crippen LogP contribution is -1.75. The summed E-state index contributed by atoms with van der Waals surface area (Å²) in [5.74, 6) is 0. The highest BCUT2D eigenvalue weighted by atomic mass is 16.7. The van der Waals surface area contributed by atoms with Crippen molar-refractivity contribution in [2.45, 2.75) is 26.7 Å². The van der Waals surface area contributed by atoms with E-state index < -0.39 is 0 Å². The van der Waals surface area contributed by atoms with E-state index in [0.717, 1.165) is 0 Å². The van der Waals surface area contributed by atoms with Crippen LogP contribution in [0.2, 0.25) is 0 Å². The summed E-state index contributed by atoms with van der Waals surface area (Å²) in [6.07, 6.45) is 5.67. The molecule has 0 saturated carbocycles. The lowest BCUT2D eigenvalue weighted by molar-refractivity contribution is 0.0920. The van der Waals surface area contributed by atoms with E-state index in [4.69, 9.17) is 0 Å². The molecule has 1 heterocycles. The quantitative estimate of drug-likeness (QED) is 0.542. The molecular weight excluding hydrogens is 116 g/mol. The van der Waals surface area contributed by atoms with Gasteiger partial charge < -0.3 is 9.47 Å². The van der Waals surface area contributed by atoms with Crippen LogP contribution in [0, 0.1) is 0 Å². The Labute approximate surface area is 56.5 Å². The van der Waals surface area contributed by atoms with E-state index in [1.54, 1.807) is 0 Å². The SMILES string of the molecule is C1=COCO1.CCCC. The highest BCUT2D eigenvalue weighted by Crippen LogP contribution is 1.88. The molecule has 1 aliphatic heterocycles. The third-order valence-electron chi connectivity index (χ3n) is 0.884. The Kier molecular flexibility index (Phi) is 6.80. The van der Waals surface area contributed by atoms with Crippen molar-refractivity contribution in [1.82, 2.24) is 0 Å². The predicted molar refractivity (Wildman–Crippen MR) is 36.8 cm³/mol. The third kappa shape index (κ3) is 7.34. The van der Waals surface area contributed by atoms with Crippen LogP contribution in [-0.2, 0) is 9.47 Å². The molecule has 0 unspecified atom stereocenters. The minimum atomic E-state index is 0.389. The maximum atomic E-state index is 4.54. The van der Waals surface area contributed by atoms with Crippen molar-refractivity contribution in [1.29, 1.82) is 0 Å². The van der Waals surface area contributed by atoms with Gasteiger partial charge in [0.1, 0.15) is 12.5 Å². The Bertz CT molecular complexity index is 61.3. The lowest BCUT2D eigenvalue weighted by Gasteiger charge is -1.82. The minimum Gasteiger partial charge on any atom is -0.462 e. The molecule has 2 nitrogen and oxygen atoms in total. The number of ether oxygens (including phenoxy) is 2. The van der Waals surface area contributed by atoms with Crippen molar-refractivity contribution >= 4 is 0 Å². The molecule has 0 aromatic carbocycles. The first-order chi connectivity index (χ1) is 4.41. The molecule has 9 heavy (non-hydrogen) atoms. The van der Waals surface area contributed by atoms with Crippen LogP contribution >= 0.6 is 0 Å². The predicted octanol–water partition coefficient (Wildman–Crippen LogP) is 2.27. The Morgan fingerprint density at radius 1 is 1.11 bits per heavy atom. The molecule has 0 fully saturated rings. The zero-order valence-corrected chi connectivity index (χ0v) is 6.09. The smallest absolute Gasteiger partial charge is 0.229 e. The van der Waals surface area contributed by atoms with Crippen LogP contribution in [-0.4, -0.2) is 6.79 Å². The average Bonchev–Trinajstić information content (AvgIpc) is 2.43. The van der Waals surface area contributed by atoms with Crippen molar-refractivity contribution in [2.24, 2.45) is 0 Å². The summed E-state index contributed by atoms with van der Waals surface area (Å²) >= 11 is 0. The fourth-order valence-corrected chi connectivity index (χ4v) is 0.196. The molecule has 1 aliphatic rings. The van der Waals surface area contributed by atoms with Crippen molar-refractivity contribution < 1.29 is 9.47 Å². The van der Waals surface area contributed by atoms with Crippen LogP contribution < -0.4 is 0 Å². The van der Waals surface area contributed by atoms with Gasteiger partial charge in [-0.2, -0.15) is 0 Å². The highest BCUT2D eigenvalue weighted by Gasteiger charge is 1.82. The Hall–Kier alpha value is -0.660. The van der Waals surface area contributed by atoms with E-state index in [2.05, 4.69) is 23.3 Å². The van der Waals surface area contributed by atoms with E-state index in [9.17, 15) is 0 Å². The summed E-state index contributed by atoms with van der Waals surface area (Å²) in [5, 5.41) is 0. The molecule has 0 atom stereocenters. The van der Waals surface area contributed by atoms with Gasteiger partial charge in [-0.15, -0.1) is 0 Å². The summed E-state index contributed by atoms with van der Waals surface area (Å²) < 4.78 is 9.08. The third-order valence-corrected chi connectivity index (χ3v) is 0.884. The van der Waals surface area contributed by atoms with E-state index in [1.807, 2.05) is 0 Å². The van der Waals surface area contributed by atoms with Gasteiger partial charge in [-0.1, -0.05) is 26.7 Å². The zero-order chi connectivity index (χ0) is 6.95. The molecule has 0 aliphatic carbocycles. The molecule has 0 aromatic rings. The zero-order valence-electron chi connectivity index (χ0n) is 6.09. The van der Waals surface area contributed by atoms with Gasteiger partial charge in [-0.25, -0.2) is 0 Å². The van der Waals surface area contributed by atoms with Gasteiger partial charge in [0.05, 0.1) is 0 Å². The first-order valence-electron chi connectivity index (χ1n) is 3.30. The van der Waals surface area contributed by atoms with Gasteiger partial charge in [0.2, 0.25) is 6.79 Å². The van der Waals surface area contributed by atoms with Crippen LogP contribution in [0.3, 0.4) is 0 Å². The van der Waals surface area contributed by atoms with Crippen molar-refractivity contribution in [2.75, 3.05) is 6.79 Å². The molecule has 0 saturated heterocycles. The van der Waals surface area contributed by atoms with Crippen LogP contribution in [0.15, 0.2) is 12.5 Å². The first kappa shape index (κ1) is 8.34. The molecule has 0 radical (unpaired) electrons. The van der Waals surface area contributed by atoms with Crippen molar-refractivity contribution in [3.63, 3.8) is 0 Å². The molecule has 0 amide bonds. The second-order valence-electron chi connectivity index (χ2n) is 1.72. The second-order valence-corrected chi connectivity index (χ2v) is 1.72. The molecule has 1 rings (SSSR count). The van der Waals surface area contributed by atoms with E-state index >= 15 is 0 Å². The van der Waals surface area contributed by atoms with Gasteiger partial charge in [-0.3, -0.25) is 0 Å². The van der Waals surface area contributed by atoms with Crippen LogP contribution in [0.25, 0.3) is 0 Å². The molecule has 0 aromatic heterocycles. The summed E-state index contributed by atoms with van der Waals surface area (Å²) in [5.41, 5.74) is 0. The number of unbranched alkanes of at least 4 members (excludes halogenated alkanes) is 1. The van der Waals surface area contributed by atoms with Gasteiger partial charge in [0.25, 0.3) is 0 Å². The Morgan fingerprint density at radius 2 is 1.56 bits per heavy atom. The monoisotopic (exact) mass is 130 g/mol. The minimum absolute atomic E-state index is 0.389. The largest absolute Gasteiger partial charge is 0.462 e. The fraction of sp³-hybridized carbons (Fsp3) is 0.714. The summed E-state index contributed by atoms with van der Waals surface area (Å²) in [7, 11) is 0. The fourth-order valence-electron chi connectivity index (χ4n) is 0.196. The summed E-state index contributed by atoms with van der Waals surface area (Å²) in [4.78, 5) is 0. The molecule has 0 N–H and O–H groups in total. The number of hydrogen-bond acceptors (Lipinski definition) is 2. The van der Waals surface area contributed by atoms with Gasteiger partial charge in [-0.05, 0) is 0 Å². The highest BCUT2D eigenvalue weighted by molar-refractivity contribution is 4.63. The molecule has 54 valence electrons. The van der Waals surface area contributed by atoms with Gasteiger partial charge >= 0.3 is 0 Å². The maximum Gasteiger partial charge on any atom is 0.229 e. The number of rotatable bonds is 1. The van der Waals surface area contributed by atoms with Crippen LogP contribution in [0.5, 0.6) is 0 Å². The standard InChI is InChI=1S/C4H10.C3H4O2/c1-3-4-2;1-2-5-3-4-1/h3-4H2,1-2H3;1-2H,3H2. The van der Waals surface area contributed by atoms with Crippen LogP contribution in [0.1, 0.15) is 26.7 Å².